The number of hydrogen-bond acceptors (Lipinski definition) is 8. The molecule has 5 aromatic rings. The topological polar surface area (TPSA) is 175 Å². The highest BCUT2D eigenvalue weighted by Crippen LogP contribution is 2.59. The van der Waals surface area contributed by atoms with Crippen LogP contribution in [0.4, 0.5) is 18.4 Å². The molecular formula is C46H48F2N8O6. The number of methoxy groups -OCH3 is 2. The van der Waals surface area contributed by atoms with E-state index in [4.69, 9.17) is 14.7 Å². The van der Waals surface area contributed by atoms with Crippen molar-refractivity contribution >= 4 is 35.0 Å². The van der Waals surface area contributed by atoms with Gasteiger partial charge in [0.05, 0.1) is 43.0 Å². The molecule has 5 atom stereocenters. The maximum absolute atomic E-state index is 16.6. The number of rotatable bonds is 9. The molecule has 4 fully saturated rings. The summed E-state index contributed by atoms with van der Waals surface area (Å²) in [6.45, 7) is 4.13. The highest BCUT2D eigenvalue weighted by molar-refractivity contribution is 5.88. The fourth-order valence-corrected chi connectivity index (χ4v) is 10.5. The van der Waals surface area contributed by atoms with Crippen LogP contribution in [0, 0.1) is 17.3 Å². The number of alkyl carbamates (subject to hydrolysis) is 2. The van der Waals surface area contributed by atoms with Gasteiger partial charge in [-0.3, -0.25) is 9.59 Å². The Hall–Kier alpha value is -6.32. The molecule has 14 nitrogen and oxygen atoms in total. The lowest BCUT2D eigenvalue weighted by molar-refractivity contribution is -0.136. The van der Waals surface area contributed by atoms with Crippen LogP contribution in [-0.4, -0.2) is 93.1 Å². The van der Waals surface area contributed by atoms with Crippen LogP contribution in [0.1, 0.15) is 87.2 Å². The summed E-state index contributed by atoms with van der Waals surface area (Å²) in [7, 11) is 2.52. The van der Waals surface area contributed by atoms with Crippen molar-refractivity contribution < 1.29 is 37.4 Å². The van der Waals surface area contributed by atoms with E-state index < -0.39 is 24.2 Å². The third-order valence-electron chi connectivity index (χ3n) is 13.9. The summed E-state index contributed by atoms with van der Waals surface area (Å²) < 4.78 is 42.6. The standard InChI is InChI=1S/C46H48F2N8O6/c1-23(2)38(54-44(60)62-4)42(58)55-22-45(13-14-45)19-36(55)40-49-20-35(53-40)26-7-11-30-29-10-6-24(16-31(29)46(47,48)32(30)17-26)25-8-12-33-34(18-25)52-41(51-33)39-27-5-9-28(15-27)56(39)37(57)21-50-43(59)61-3/h6-8,10-12,16-18,20,23,27-28,36,38-39H,5,9,13-15,19,21-22H2,1-4H3,(H,49,53)(H,50,59)(H,51,52)(H,54,60)/t27-,28+,36-,38?,39-/m0/s1. The largest absolute Gasteiger partial charge is 0.453 e. The lowest BCUT2D eigenvalue weighted by atomic mass is 9.98. The van der Waals surface area contributed by atoms with Gasteiger partial charge in [-0.15, -0.1) is 0 Å². The van der Waals surface area contributed by atoms with E-state index in [9.17, 15) is 19.2 Å². The molecule has 2 aliphatic heterocycles. The molecule has 2 bridgehead atoms. The first-order valence-corrected chi connectivity index (χ1v) is 21.3. The number of amides is 4. The predicted octanol–water partition coefficient (Wildman–Crippen LogP) is 7.58. The average Bonchev–Trinajstić information content (AvgIpc) is 3.93. The minimum atomic E-state index is -3.28. The molecular weight excluding hydrogens is 799 g/mol. The Morgan fingerprint density at radius 2 is 1.58 bits per heavy atom. The zero-order valence-corrected chi connectivity index (χ0v) is 34.9. The number of likely N-dealkylation sites (tertiary alicyclic amines) is 2. The molecule has 4 amide bonds. The summed E-state index contributed by atoms with van der Waals surface area (Å²) in [5.41, 5.74) is 4.57. The summed E-state index contributed by atoms with van der Waals surface area (Å²) in [6.07, 6.45) is 5.83. The maximum atomic E-state index is 16.6. The molecule has 0 radical (unpaired) electrons. The van der Waals surface area contributed by atoms with Gasteiger partial charge >= 0.3 is 12.2 Å². The molecule has 5 aliphatic rings. The molecule has 1 unspecified atom stereocenters. The fourth-order valence-electron chi connectivity index (χ4n) is 10.5. The van der Waals surface area contributed by atoms with E-state index in [1.807, 2.05) is 43.0 Å². The van der Waals surface area contributed by atoms with Gasteiger partial charge in [0.1, 0.15) is 24.2 Å². The number of carbonyl (C=O) groups excluding carboxylic acids is 4. The van der Waals surface area contributed by atoms with E-state index in [0.717, 1.165) is 49.6 Å². The van der Waals surface area contributed by atoms with Gasteiger partial charge in [0.25, 0.3) is 5.92 Å². The number of nitrogens with one attached hydrogen (secondary N) is 4. The smallest absolute Gasteiger partial charge is 0.407 e. The van der Waals surface area contributed by atoms with E-state index in [1.54, 1.807) is 35.4 Å². The molecule has 62 heavy (non-hydrogen) atoms. The van der Waals surface area contributed by atoms with Crippen molar-refractivity contribution in [1.29, 1.82) is 0 Å². The van der Waals surface area contributed by atoms with Crippen LogP contribution >= 0.6 is 0 Å². The number of fused-ring (bicyclic) bond motifs is 6. The number of benzene rings is 3. The third kappa shape index (κ3) is 6.56. The molecule has 10 rings (SSSR count). The molecule has 322 valence electrons. The number of halogens is 2. The van der Waals surface area contributed by atoms with Crippen LogP contribution in [0.3, 0.4) is 0 Å². The highest BCUT2D eigenvalue weighted by atomic mass is 19.3. The summed E-state index contributed by atoms with van der Waals surface area (Å²) in [5.74, 6) is -2.38. The Labute approximate surface area is 356 Å². The van der Waals surface area contributed by atoms with E-state index in [2.05, 4.69) is 25.3 Å². The van der Waals surface area contributed by atoms with Crippen LogP contribution in [-0.2, 0) is 25.0 Å². The number of aromatic nitrogens is 4. The monoisotopic (exact) mass is 846 g/mol. The predicted molar refractivity (Wildman–Crippen MR) is 224 cm³/mol. The van der Waals surface area contributed by atoms with E-state index >= 15 is 8.78 Å². The Morgan fingerprint density at radius 3 is 2.29 bits per heavy atom. The van der Waals surface area contributed by atoms with Crippen LogP contribution in [0.15, 0.2) is 60.8 Å². The van der Waals surface area contributed by atoms with Crippen molar-refractivity contribution in [2.24, 2.45) is 17.3 Å². The number of aromatic amines is 2. The molecule has 3 aliphatic carbocycles. The zero-order valence-electron chi connectivity index (χ0n) is 34.9. The summed E-state index contributed by atoms with van der Waals surface area (Å²) >= 11 is 0. The number of carbonyl (C=O) groups is 4. The quantitative estimate of drug-likeness (QED) is 0.117. The molecule has 4 N–H and O–H groups in total. The van der Waals surface area contributed by atoms with E-state index in [0.29, 0.717) is 51.7 Å². The second-order valence-electron chi connectivity index (χ2n) is 18.0. The number of hydrogen-bond donors (Lipinski definition) is 4. The van der Waals surface area contributed by atoms with Crippen molar-refractivity contribution in [2.45, 2.75) is 82.5 Å². The number of piperidine rings is 1. The molecule has 16 heteroatoms. The van der Waals surface area contributed by atoms with Crippen molar-refractivity contribution in [2.75, 3.05) is 27.3 Å². The Bertz CT molecular complexity index is 2650. The SMILES string of the molecule is COC(=O)NCC(=O)N1[C@@H]2CC[C@@H](C2)[C@H]1c1nc2ccc(-c3ccc4c(c3)C(F)(F)c3cc(-c5c[nH]c([C@@H]6CC7(CC7)CN6C(=O)C(NC(=O)OC)C(C)C)n5)ccc3-4)cc2[nH]1. The molecule has 2 saturated carbocycles. The van der Waals surface area contributed by atoms with Crippen LogP contribution < -0.4 is 10.6 Å². The summed E-state index contributed by atoms with van der Waals surface area (Å²) in [4.78, 5) is 71.2. The van der Waals surface area contributed by atoms with Crippen molar-refractivity contribution in [3.8, 4) is 33.5 Å². The van der Waals surface area contributed by atoms with Crippen LogP contribution in [0.5, 0.6) is 0 Å². The number of imidazole rings is 2. The maximum Gasteiger partial charge on any atom is 0.407 e. The number of nitrogens with zero attached hydrogens (tertiary/aromatic N) is 4. The third-order valence-corrected chi connectivity index (χ3v) is 13.9. The van der Waals surface area contributed by atoms with E-state index in [-0.39, 0.29) is 64.9 Å². The molecule has 2 aromatic heterocycles. The number of alkyl halides is 2. The van der Waals surface area contributed by atoms with Gasteiger partial charge in [0.15, 0.2) is 0 Å². The first kappa shape index (κ1) is 39.8. The van der Waals surface area contributed by atoms with Gasteiger partial charge < -0.3 is 39.9 Å². The van der Waals surface area contributed by atoms with Gasteiger partial charge in [-0.25, -0.2) is 19.6 Å². The first-order valence-electron chi connectivity index (χ1n) is 21.3. The minimum absolute atomic E-state index is 0.0126. The highest BCUT2D eigenvalue weighted by Gasteiger charge is 2.55. The van der Waals surface area contributed by atoms with Crippen LogP contribution in [0.2, 0.25) is 0 Å². The number of ether oxygens (including phenoxy) is 2. The molecule has 3 aromatic carbocycles. The number of H-pyrrole nitrogens is 2. The van der Waals surface area contributed by atoms with Gasteiger partial charge in [-0.1, -0.05) is 44.2 Å². The van der Waals surface area contributed by atoms with Crippen LogP contribution in [0.25, 0.3) is 44.5 Å². The normalized spacial score (nSPS) is 22.8. The van der Waals surface area contributed by atoms with E-state index in [1.165, 1.54) is 20.3 Å². The van der Waals surface area contributed by atoms with Crippen molar-refractivity contribution in [1.82, 2.24) is 40.4 Å². The molecule has 4 heterocycles. The average molecular weight is 847 g/mol. The van der Waals surface area contributed by atoms with Gasteiger partial charge in [0.2, 0.25) is 11.8 Å². The lowest BCUT2D eigenvalue weighted by Gasteiger charge is -2.34. The van der Waals surface area contributed by atoms with Gasteiger partial charge in [-0.2, -0.15) is 8.78 Å². The second kappa shape index (κ2) is 14.7. The van der Waals surface area contributed by atoms with Crippen molar-refractivity contribution in [3.05, 3.63) is 83.6 Å². The lowest BCUT2D eigenvalue weighted by Crippen LogP contribution is -2.51. The second-order valence-corrected chi connectivity index (χ2v) is 18.0. The van der Waals surface area contributed by atoms with Gasteiger partial charge in [-0.05, 0) is 102 Å². The fraction of sp³-hybridized carbons (Fsp3) is 0.435. The Kier molecular flexibility index (Phi) is 9.41. The molecule has 1 spiro atoms. The zero-order chi connectivity index (χ0) is 43.2. The van der Waals surface area contributed by atoms with Crippen molar-refractivity contribution in [3.63, 3.8) is 0 Å². The summed E-state index contributed by atoms with van der Waals surface area (Å²) in [5, 5.41) is 5.20. The Morgan fingerprint density at radius 1 is 0.887 bits per heavy atom. The van der Waals surface area contributed by atoms with Gasteiger partial charge in [0, 0.05) is 35.5 Å². The minimum Gasteiger partial charge on any atom is -0.453 e. The molecule has 2 saturated heterocycles. The Balaban J connectivity index is 0.892. The summed E-state index contributed by atoms with van der Waals surface area (Å²) in [6, 6.07) is 14.5. The first-order chi connectivity index (χ1) is 29.8.